The molecule has 0 amide bonds. The third kappa shape index (κ3) is 4.56. The number of hydrogen-bond acceptors (Lipinski definition) is 2. The molecule has 0 aromatic heterocycles. The maximum absolute atomic E-state index is 13.2. The van der Waals surface area contributed by atoms with Crippen LogP contribution in [0.5, 0.6) is 0 Å². The van der Waals surface area contributed by atoms with Crippen LogP contribution < -0.4 is 4.72 Å². The van der Waals surface area contributed by atoms with Gasteiger partial charge in [-0.1, -0.05) is 18.2 Å². The highest BCUT2D eigenvalue weighted by Crippen LogP contribution is 2.32. The van der Waals surface area contributed by atoms with Gasteiger partial charge in [-0.05, 0) is 55.6 Å². The van der Waals surface area contributed by atoms with Gasteiger partial charge in [0, 0.05) is 15.5 Å². The molecule has 3 nitrogen and oxygen atoms in total. The summed E-state index contributed by atoms with van der Waals surface area (Å²) in [5.74, 6) is -0.648. The molecular formula is C14H9Br2F4NO2S. The lowest BCUT2D eigenvalue weighted by Crippen LogP contribution is -2.24. The topological polar surface area (TPSA) is 46.2 Å². The van der Waals surface area contributed by atoms with E-state index in [1.54, 1.807) is 0 Å². The third-order valence-corrected chi connectivity index (χ3v) is 6.23. The molecule has 1 N–H and O–H groups in total. The van der Waals surface area contributed by atoms with Crippen molar-refractivity contribution in [2.24, 2.45) is 0 Å². The SMILES string of the molecule is O=S(=O)(NCc1cccc(C(F)(F)F)c1)c1c(Br)cc(F)cc1Br. The minimum atomic E-state index is -4.52. The van der Waals surface area contributed by atoms with E-state index in [9.17, 15) is 26.0 Å². The number of benzene rings is 2. The van der Waals surface area contributed by atoms with Gasteiger partial charge in [-0.25, -0.2) is 17.5 Å². The van der Waals surface area contributed by atoms with E-state index in [0.29, 0.717) is 0 Å². The van der Waals surface area contributed by atoms with E-state index in [1.165, 1.54) is 12.1 Å². The van der Waals surface area contributed by atoms with Crippen LogP contribution >= 0.6 is 31.9 Å². The van der Waals surface area contributed by atoms with Gasteiger partial charge in [-0.15, -0.1) is 0 Å². The molecule has 0 radical (unpaired) electrons. The van der Waals surface area contributed by atoms with Crippen LogP contribution in [0.3, 0.4) is 0 Å². The van der Waals surface area contributed by atoms with Crippen LogP contribution in [0.1, 0.15) is 11.1 Å². The average Bonchev–Trinajstić information content (AvgIpc) is 2.43. The quantitative estimate of drug-likeness (QED) is 0.623. The molecule has 10 heteroatoms. The van der Waals surface area contributed by atoms with Crippen molar-refractivity contribution in [1.82, 2.24) is 4.72 Å². The molecule has 0 aliphatic heterocycles. The molecular weight excluding hydrogens is 482 g/mol. The Morgan fingerprint density at radius 1 is 1.04 bits per heavy atom. The lowest BCUT2D eigenvalue weighted by molar-refractivity contribution is -0.137. The maximum Gasteiger partial charge on any atom is 0.416 e. The van der Waals surface area contributed by atoms with Gasteiger partial charge in [0.1, 0.15) is 10.7 Å². The fourth-order valence-electron chi connectivity index (χ4n) is 1.89. The van der Waals surface area contributed by atoms with E-state index in [1.807, 2.05) is 0 Å². The number of halogens is 6. The smallest absolute Gasteiger partial charge is 0.207 e. The summed E-state index contributed by atoms with van der Waals surface area (Å²) in [6.07, 6.45) is -4.52. The largest absolute Gasteiger partial charge is 0.416 e. The Bertz CT molecular complexity index is 846. The standard InChI is InChI=1S/C14H9Br2F4NO2S/c15-11-5-10(17)6-12(16)13(11)24(22,23)21-7-8-2-1-3-9(4-8)14(18,19)20/h1-6,21H,7H2. The third-order valence-electron chi connectivity index (χ3n) is 2.95. The van der Waals surface area contributed by atoms with Crippen LogP contribution in [0, 0.1) is 5.82 Å². The summed E-state index contributed by atoms with van der Waals surface area (Å²) in [4.78, 5) is -0.240. The van der Waals surface area contributed by atoms with Crippen LogP contribution in [-0.2, 0) is 22.7 Å². The number of alkyl halides is 3. The Kier molecular flexibility index (Phi) is 5.73. The van der Waals surface area contributed by atoms with E-state index in [4.69, 9.17) is 0 Å². The zero-order valence-corrected chi connectivity index (χ0v) is 15.7. The monoisotopic (exact) mass is 489 g/mol. The minimum Gasteiger partial charge on any atom is -0.207 e. The molecule has 0 bridgehead atoms. The van der Waals surface area contributed by atoms with Crippen LogP contribution in [0.2, 0.25) is 0 Å². The summed E-state index contributed by atoms with van der Waals surface area (Å²) >= 11 is 5.92. The van der Waals surface area contributed by atoms with Gasteiger partial charge >= 0.3 is 6.18 Å². The first-order valence-corrected chi connectivity index (χ1v) is 9.38. The fraction of sp³-hybridized carbons (Fsp3) is 0.143. The second kappa shape index (κ2) is 7.11. The van der Waals surface area contributed by atoms with Gasteiger partial charge in [-0.2, -0.15) is 13.2 Å². The first-order valence-electron chi connectivity index (χ1n) is 6.31. The summed E-state index contributed by atoms with van der Waals surface area (Å²) < 4.78 is 78.0. The summed E-state index contributed by atoms with van der Waals surface area (Å²) in [6, 6.07) is 6.26. The number of nitrogens with one attached hydrogen (secondary N) is 1. The predicted molar refractivity (Wildman–Crippen MR) is 87.3 cm³/mol. The van der Waals surface area contributed by atoms with E-state index in [0.717, 1.165) is 24.3 Å². The summed E-state index contributed by atoms with van der Waals surface area (Å²) in [6.45, 7) is -0.345. The summed E-state index contributed by atoms with van der Waals surface area (Å²) in [5, 5.41) is 0. The van der Waals surface area contributed by atoms with Gasteiger partial charge in [0.25, 0.3) is 0 Å². The van der Waals surface area contributed by atoms with Crippen molar-refractivity contribution in [2.75, 3.05) is 0 Å². The van der Waals surface area contributed by atoms with Gasteiger partial charge < -0.3 is 0 Å². The number of rotatable bonds is 4. The second-order valence-corrected chi connectivity index (χ2v) is 8.13. The molecule has 0 unspecified atom stereocenters. The van der Waals surface area contributed by atoms with Crippen LogP contribution in [0.4, 0.5) is 17.6 Å². The van der Waals surface area contributed by atoms with Crippen LogP contribution in [0.25, 0.3) is 0 Å². The highest BCUT2D eigenvalue weighted by atomic mass is 79.9. The van der Waals surface area contributed by atoms with Crippen molar-refractivity contribution < 1.29 is 26.0 Å². The normalized spacial score (nSPS) is 12.4. The Morgan fingerprint density at radius 2 is 1.62 bits per heavy atom. The van der Waals surface area contributed by atoms with Crippen molar-refractivity contribution in [2.45, 2.75) is 17.6 Å². The Balaban J connectivity index is 2.26. The Morgan fingerprint density at radius 3 is 2.17 bits per heavy atom. The van der Waals surface area contributed by atoms with Crippen molar-refractivity contribution in [3.63, 3.8) is 0 Å². The van der Waals surface area contributed by atoms with Crippen LogP contribution in [-0.4, -0.2) is 8.42 Å². The zero-order chi connectivity index (χ0) is 18.1. The highest BCUT2D eigenvalue weighted by Gasteiger charge is 2.30. The van der Waals surface area contributed by atoms with Crippen molar-refractivity contribution >= 4 is 41.9 Å². The summed E-state index contributed by atoms with van der Waals surface area (Å²) in [7, 11) is -4.08. The molecule has 130 valence electrons. The van der Waals surface area contributed by atoms with E-state index in [-0.39, 0.29) is 25.9 Å². The Hall–Kier alpha value is -0.970. The van der Waals surface area contributed by atoms with E-state index < -0.39 is 27.6 Å². The lowest BCUT2D eigenvalue weighted by Gasteiger charge is -2.12. The molecule has 0 heterocycles. The first kappa shape index (κ1) is 19.4. The molecule has 0 aliphatic carbocycles. The molecule has 0 atom stereocenters. The van der Waals surface area contributed by atoms with Crippen molar-refractivity contribution in [1.29, 1.82) is 0 Å². The molecule has 2 aromatic carbocycles. The highest BCUT2D eigenvalue weighted by molar-refractivity contribution is 9.11. The second-order valence-electron chi connectivity index (χ2n) is 4.72. The van der Waals surface area contributed by atoms with Gasteiger partial charge in [-0.3, -0.25) is 0 Å². The maximum atomic E-state index is 13.2. The predicted octanol–water partition coefficient (Wildman–Crippen LogP) is 4.85. The number of sulfonamides is 1. The number of hydrogen-bond donors (Lipinski definition) is 1. The molecule has 0 saturated heterocycles. The fourth-order valence-corrected chi connectivity index (χ4v) is 5.44. The minimum absolute atomic E-state index is 0.00841. The van der Waals surface area contributed by atoms with Crippen molar-refractivity contribution in [3.05, 3.63) is 62.3 Å². The van der Waals surface area contributed by atoms with E-state index in [2.05, 4.69) is 36.6 Å². The Labute approximate surface area is 152 Å². The molecule has 2 rings (SSSR count). The molecule has 2 aromatic rings. The molecule has 0 saturated carbocycles. The summed E-state index contributed by atoms with van der Waals surface area (Å²) in [5.41, 5.74) is -0.730. The van der Waals surface area contributed by atoms with Crippen LogP contribution in [0.15, 0.2) is 50.2 Å². The zero-order valence-electron chi connectivity index (χ0n) is 11.7. The average molecular weight is 491 g/mol. The van der Waals surface area contributed by atoms with E-state index >= 15 is 0 Å². The van der Waals surface area contributed by atoms with Gasteiger partial charge in [0.2, 0.25) is 10.0 Å². The molecule has 0 fully saturated rings. The molecule has 0 spiro atoms. The first-order chi connectivity index (χ1) is 11.0. The van der Waals surface area contributed by atoms with Gasteiger partial charge in [0.15, 0.2) is 0 Å². The van der Waals surface area contributed by atoms with Crippen molar-refractivity contribution in [3.8, 4) is 0 Å². The molecule has 24 heavy (non-hydrogen) atoms. The lowest BCUT2D eigenvalue weighted by atomic mass is 10.1. The van der Waals surface area contributed by atoms with Gasteiger partial charge in [0.05, 0.1) is 5.56 Å². The molecule has 0 aliphatic rings.